The van der Waals surface area contributed by atoms with E-state index in [2.05, 4.69) is 23.5 Å². The molecule has 0 saturated carbocycles. The summed E-state index contributed by atoms with van der Waals surface area (Å²) >= 11 is 11.9. The zero-order valence-electron chi connectivity index (χ0n) is 15.7. The molecule has 0 radical (unpaired) electrons. The van der Waals surface area contributed by atoms with Crippen molar-refractivity contribution in [3.63, 3.8) is 0 Å². The van der Waals surface area contributed by atoms with Crippen LogP contribution in [-0.4, -0.2) is 37.0 Å². The molecule has 0 fully saturated rings. The van der Waals surface area contributed by atoms with E-state index in [9.17, 15) is 4.79 Å². The summed E-state index contributed by atoms with van der Waals surface area (Å²) in [7, 11) is 0. The second-order valence-corrected chi connectivity index (χ2v) is 7.96. The monoisotopic (exact) mass is 404 g/mol. The summed E-state index contributed by atoms with van der Waals surface area (Å²) in [6.07, 6.45) is 4.09. The maximum atomic E-state index is 11.3. The highest BCUT2D eigenvalue weighted by atomic mass is 35.5. The lowest BCUT2D eigenvalue weighted by Crippen LogP contribution is -2.30. The lowest BCUT2D eigenvalue weighted by atomic mass is 10.0. The number of hydrogen-bond acceptors (Lipinski definition) is 2. The van der Waals surface area contributed by atoms with Crippen molar-refractivity contribution in [2.75, 3.05) is 26.2 Å². The molecule has 2 aromatic carbocycles. The van der Waals surface area contributed by atoms with E-state index in [0.29, 0.717) is 0 Å². The molecule has 1 N–H and O–H groups in total. The maximum absolute atomic E-state index is 11.3. The topological polar surface area (TPSA) is 32.3 Å². The minimum absolute atomic E-state index is 0.161. The van der Waals surface area contributed by atoms with E-state index in [1.807, 2.05) is 23.1 Å². The minimum Gasteiger partial charge on any atom is -0.342 e. The van der Waals surface area contributed by atoms with Crippen molar-refractivity contribution in [1.29, 1.82) is 0 Å². The van der Waals surface area contributed by atoms with Gasteiger partial charge in [0.1, 0.15) is 0 Å². The number of carbonyl (C=O) groups excluding carboxylic acids is 1. The standard InChI is InChI=1S/C12H14ClNO.C10H12ClN/c1-9(15)14-6-4-10-2-3-12(13)8-11(10)5-7-14;11-10-2-1-8-3-5-12-6-4-9(8)7-10/h2-3,8H,4-7H2,1H3;1-2,7,12H,3-6H2. The van der Waals surface area contributed by atoms with Gasteiger partial charge in [0.15, 0.2) is 0 Å². The normalized spacial score (nSPS) is 16.2. The molecule has 2 aromatic rings. The molecule has 4 rings (SSSR count). The number of amides is 1. The second-order valence-electron chi connectivity index (χ2n) is 7.08. The Morgan fingerprint density at radius 2 is 1.30 bits per heavy atom. The predicted octanol–water partition coefficient (Wildman–Crippen LogP) is 4.32. The summed E-state index contributed by atoms with van der Waals surface area (Å²) in [5.74, 6) is 0.161. The van der Waals surface area contributed by atoms with Crippen LogP contribution in [0.2, 0.25) is 10.0 Å². The minimum atomic E-state index is 0.161. The number of nitrogens with one attached hydrogen (secondary N) is 1. The van der Waals surface area contributed by atoms with Crippen LogP contribution >= 0.6 is 23.2 Å². The van der Waals surface area contributed by atoms with Gasteiger partial charge in [-0.2, -0.15) is 0 Å². The smallest absolute Gasteiger partial charge is 0.219 e. The van der Waals surface area contributed by atoms with Crippen LogP contribution in [0.4, 0.5) is 0 Å². The van der Waals surface area contributed by atoms with E-state index < -0.39 is 0 Å². The number of rotatable bonds is 0. The molecule has 27 heavy (non-hydrogen) atoms. The molecule has 0 bridgehead atoms. The summed E-state index contributed by atoms with van der Waals surface area (Å²) < 4.78 is 0. The maximum Gasteiger partial charge on any atom is 0.219 e. The number of carbonyl (C=O) groups is 1. The SMILES string of the molecule is CC(=O)N1CCc2ccc(Cl)cc2CC1.Clc1ccc2c(c1)CCNCC2. The number of fused-ring (bicyclic) bond motifs is 2. The third-order valence-electron chi connectivity index (χ3n) is 5.23. The van der Waals surface area contributed by atoms with Crippen molar-refractivity contribution < 1.29 is 4.79 Å². The zero-order chi connectivity index (χ0) is 19.2. The number of nitrogens with zero attached hydrogens (tertiary/aromatic N) is 1. The Morgan fingerprint density at radius 1 is 0.815 bits per heavy atom. The molecule has 0 saturated heterocycles. The first-order chi connectivity index (χ1) is 13.0. The van der Waals surface area contributed by atoms with Crippen LogP contribution in [0, 0.1) is 0 Å². The van der Waals surface area contributed by atoms with Gasteiger partial charge in [0, 0.05) is 30.1 Å². The Kier molecular flexibility index (Phi) is 7.17. The van der Waals surface area contributed by atoms with E-state index in [1.165, 1.54) is 22.3 Å². The summed E-state index contributed by atoms with van der Waals surface area (Å²) in [6, 6.07) is 12.2. The molecule has 2 aliphatic rings. The highest BCUT2D eigenvalue weighted by Gasteiger charge is 2.15. The molecule has 2 aliphatic heterocycles. The van der Waals surface area contributed by atoms with Gasteiger partial charge in [-0.3, -0.25) is 4.79 Å². The molecule has 1 amide bonds. The van der Waals surface area contributed by atoms with Gasteiger partial charge in [-0.15, -0.1) is 0 Å². The van der Waals surface area contributed by atoms with E-state index in [1.54, 1.807) is 6.92 Å². The Bertz CT molecular complexity index is 807. The first-order valence-electron chi connectivity index (χ1n) is 9.54. The van der Waals surface area contributed by atoms with Crippen molar-refractivity contribution in [2.24, 2.45) is 0 Å². The van der Waals surface area contributed by atoms with Gasteiger partial charge in [0.05, 0.1) is 0 Å². The van der Waals surface area contributed by atoms with E-state index in [-0.39, 0.29) is 5.91 Å². The summed E-state index contributed by atoms with van der Waals surface area (Å²) in [6.45, 7) is 5.43. The molecule has 0 spiro atoms. The largest absolute Gasteiger partial charge is 0.342 e. The summed E-state index contributed by atoms with van der Waals surface area (Å²) in [4.78, 5) is 13.2. The van der Waals surface area contributed by atoms with Gasteiger partial charge in [-0.25, -0.2) is 0 Å². The number of benzene rings is 2. The van der Waals surface area contributed by atoms with Gasteiger partial charge in [-0.1, -0.05) is 35.3 Å². The highest BCUT2D eigenvalue weighted by Crippen LogP contribution is 2.20. The average molecular weight is 405 g/mol. The van der Waals surface area contributed by atoms with E-state index >= 15 is 0 Å². The van der Waals surface area contributed by atoms with Crippen molar-refractivity contribution in [2.45, 2.75) is 32.6 Å². The van der Waals surface area contributed by atoms with Crippen LogP contribution in [0.25, 0.3) is 0 Å². The average Bonchev–Trinajstić information content (AvgIpc) is 3.00. The van der Waals surface area contributed by atoms with Gasteiger partial charge in [-0.05, 0) is 85.3 Å². The Hall–Kier alpha value is -1.55. The summed E-state index contributed by atoms with van der Waals surface area (Å²) in [5.41, 5.74) is 5.46. The van der Waals surface area contributed by atoms with Crippen LogP contribution in [0.3, 0.4) is 0 Å². The lowest BCUT2D eigenvalue weighted by molar-refractivity contribution is -0.128. The number of hydrogen-bond donors (Lipinski definition) is 1. The number of halogens is 2. The molecule has 3 nitrogen and oxygen atoms in total. The molecule has 0 aliphatic carbocycles. The fourth-order valence-corrected chi connectivity index (χ4v) is 4.04. The van der Waals surface area contributed by atoms with Crippen LogP contribution in [0.15, 0.2) is 36.4 Å². The molecule has 0 aromatic heterocycles. The van der Waals surface area contributed by atoms with E-state index in [0.717, 1.165) is 61.9 Å². The molecule has 2 heterocycles. The van der Waals surface area contributed by atoms with Gasteiger partial charge < -0.3 is 10.2 Å². The molecule has 5 heteroatoms. The quantitative estimate of drug-likeness (QED) is 0.708. The van der Waals surface area contributed by atoms with Gasteiger partial charge in [0.2, 0.25) is 5.91 Å². The molecular weight excluding hydrogens is 379 g/mol. The molecular formula is C22H26Cl2N2O. The van der Waals surface area contributed by atoms with Gasteiger partial charge >= 0.3 is 0 Å². The Balaban J connectivity index is 0.000000159. The Morgan fingerprint density at radius 3 is 1.89 bits per heavy atom. The van der Waals surface area contributed by atoms with Crippen molar-refractivity contribution in [3.8, 4) is 0 Å². The first-order valence-corrected chi connectivity index (χ1v) is 10.3. The highest BCUT2D eigenvalue weighted by molar-refractivity contribution is 6.30. The third-order valence-corrected chi connectivity index (χ3v) is 5.70. The summed E-state index contributed by atoms with van der Waals surface area (Å²) in [5, 5.41) is 5.01. The zero-order valence-corrected chi connectivity index (χ0v) is 17.2. The lowest BCUT2D eigenvalue weighted by Gasteiger charge is -2.17. The molecule has 0 atom stereocenters. The van der Waals surface area contributed by atoms with E-state index in [4.69, 9.17) is 23.2 Å². The van der Waals surface area contributed by atoms with Crippen molar-refractivity contribution in [1.82, 2.24) is 10.2 Å². The first kappa shape index (κ1) is 20.2. The fraction of sp³-hybridized carbons (Fsp3) is 0.409. The second kappa shape index (κ2) is 9.59. The van der Waals surface area contributed by atoms with Crippen LogP contribution in [-0.2, 0) is 30.5 Å². The van der Waals surface area contributed by atoms with Crippen molar-refractivity contribution in [3.05, 3.63) is 68.7 Å². The van der Waals surface area contributed by atoms with Crippen LogP contribution in [0.5, 0.6) is 0 Å². The predicted molar refractivity (Wildman–Crippen MR) is 113 cm³/mol. The molecule has 144 valence electrons. The van der Waals surface area contributed by atoms with Gasteiger partial charge in [0.25, 0.3) is 0 Å². The van der Waals surface area contributed by atoms with Crippen molar-refractivity contribution >= 4 is 29.1 Å². The van der Waals surface area contributed by atoms with Crippen LogP contribution in [0.1, 0.15) is 29.2 Å². The van der Waals surface area contributed by atoms with Crippen LogP contribution < -0.4 is 5.32 Å². The third kappa shape index (κ3) is 5.71. The molecule has 0 unspecified atom stereocenters. The fourth-order valence-electron chi connectivity index (χ4n) is 3.65. The Labute approximate surface area is 171 Å².